The summed E-state index contributed by atoms with van der Waals surface area (Å²) in [5.41, 5.74) is 2.62. The summed E-state index contributed by atoms with van der Waals surface area (Å²) in [5.74, 6) is -1.72. The molecule has 0 amide bonds. The fraction of sp³-hybridized carbons (Fsp3) is 0.348. The van der Waals surface area contributed by atoms with Crippen molar-refractivity contribution in [1.29, 1.82) is 0 Å². The molecular formula is C23H26N2O5S. The van der Waals surface area contributed by atoms with Gasteiger partial charge in [-0.15, -0.1) is 0 Å². The number of aromatic nitrogens is 1. The average molecular weight is 443 g/mol. The minimum absolute atomic E-state index is 0.163. The Bertz CT molecular complexity index is 1030. The third-order valence-corrected chi connectivity index (χ3v) is 5.67. The number of esters is 2. The zero-order chi connectivity index (χ0) is 22.4. The van der Waals surface area contributed by atoms with Crippen LogP contribution in [-0.4, -0.2) is 37.2 Å². The molecule has 8 heteroatoms. The first kappa shape index (κ1) is 22.6. The molecule has 0 aliphatic rings. The number of nitrogens with one attached hydrogen (secondary N) is 1. The first-order valence-corrected chi connectivity index (χ1v) is 10.9. The van der Waals surface area contributed by atoms with E-state index in [2.05, 4.69) is 10.3 Å². The highest BCUT2D eigenvalue weighted by Crippen LogP contribution is 2.34. The Morgan fingerprint density at radius 3 is 2.26 bits per heavy atom. The Kier molecular flexibility index (Phi) is 7.46. The summed E-state index contributed by atoms with van der Waals surface area (Å²) in [5, 5.41) is 3.86. The molecule has 0 bridgehead atoms. The van der Waals surface area contributed by atoms with Gasteiger partial charge in [0.25, 0.3) is 0 Å². The van der Waals surface area contributed by atoms with Crippen LogP contribution in [0.4, 0.5) is 5.13 Å². The fourth-order valence-corrected chi connectivity index (χ4v) is 4.12. The van der Waals surface area contributed by atoms with Gasteiger partial charge in [0.2, 0.25) is 0 Å². The molecule has 164 valence electrons. The van der Waals surface area contributed by atoms with E-state index in [4.69, 9.17) is 14.2 Å². The lowest BCUT2D eigenvalue weighted by atomic mass is 9.92. The normalized spacial score (nSPS) is 11.9. The lowest BCUT2D eigenvalue weighted by Crippen LogP contribution is -2.36. The largest absolute Gasteiger partial charge is 0.497 e. The number of methoxy groups -OCH3 is 1. The van der Waals surface area contributed by atoms with Gasteiger partial charge in [-0.05, 0) is 44.5 Å². The molecule has 0 radical (unpaired) electrons. The molecule has 0 saturated heterocycles. The lowest BCUT2D eigenvalue weighted by Gasteiger charge is -2.25. The zero-order valence-electron chi connectivity index (χ0n) is 18.0. The van der Waals surface area contributed by atoms with Crippen molar-refractivity contribution in [2.75, 3.05) is 25.6 Å². The van der Waals surface area contributed by atoms with E-state index in [1.165, 1.54) is 11.3 Å². The maximum absolute atomic E-state index is 12.8. The van der Waals surface area contributed by atoms with Crippen molar-refractivity contribution in [1.82, 2.24) is 4.98 Å². The molecule has 3 rings (SSSR count). The number of carbonyl (C=O) groups is 2. The van der Waals surface area contributed by atoms with Crippen LogP contribution in [0.25, 0.3) is 10.2 Å². The molecule has 1 aromatic heterocycles. The highest BCUT2D eigenvalue weighted by atomic mass is 32.1. The van der Waals surface area contributed by atoms with Gasteiger partial charge in [0.1, 0.15) is 5.75 Å². The van der Waals surface area contributed by atoms with Crippen LogP contribution in [0, 0.1) is 12.8 Å². The zero-order valence-corrected chi connectivity index (χ0v) is 18.8. The SMILES string of the molecule is CCOC(=O)C(C(=O)OCC)C(Nc1nc2ccc(OC)cc2s1)c1ccc(C)cc1. The second kappa shape index (κ2) is 10.3. The van der Waals surface area contributed by atoms with Gasteiger partial charge in [-0.2, -0.15) is 0 Å². The minimum Gasteiger partial charge on any atom is -0.497 e. The van der Waals surface area contributed by atoms with Crippen molar-refractivity contribution in [2.24, 2.45) is 5.92 Å². The maximum Gasteiger partial charge on any atom is 0.322 e. The van der Waals surface area contributed by atoms with Gasteiger partial charge in [-0.1, -0.05) is 41.2 Å². The monoisotopic (exact) mass is 442 g/mol. The van der Waals surface area contributed by atoms with Gasteiger partial charge in [0.15, 0.2) is 11.0 Å². The highest BCUT2D eigenvalue weighted by molar-refractivity contribution is 7.22. The van der Waals surface area contributed by atoms with Gasteiger partial charge in [-0.3, -0.25) is 9.59 Å². The smallest absolute Gasteiger partial charge is 0.322 e. The van der Waals surface area contributed by atoms with Crippen LogP contribution in [0.1, 0.15) is 31.0 Å². The molecule has 31 heavy (non-hydrogen) atoms. The number of thiazole rings is 1. The van der Waals surface area contributed by atoms with Gasteiger partial charge in [0, 0.05) is 0 Å². The Labute approximate surface area is 185 Å². The van der Waals surface area contributed by atoms with E-state index in [0.29, 0.717) is 5.13 Å². The third-order valence-electron chi connectivity index (χ3n) is 4.73. The van der Waals surface area contributed by atoms with E-state index in [0.717, 1.165) is 27.1 Å². The van der Waals surface area contributed by atoms with Crippen molar-refractivity contribution >= 4 is 38.6 Å². The number of fused-ring (bicyclic) bond motifs is 1. The molecule has 2 aromatic carbocycles. The Balaban J connectivity index is 2.03. The summed E-state index contributed by atoms with van der Waals surface area (Å²) in [7, 11) is 1.61. The van der Waals surface area contributed by atoms with Crippen LogP contribution < -0.4 is 10.1 Å². The van der Waals surface area contributed by atoms with E-state index in [9.17, 15) is 9.59 Å². The number of carbonyl (C=O) groups excluding carboxylic acids is 2. The maximum atomic E-state index is 12.8. The summed E-state index contributed by atoms with van der Waals surface area (Å²) in [6, 6.07) is 12.5. The second-order valence-electron chi connectivity index (χ2n) is 6.87. The topological polar surface area (TPSA) is 86.8 Å². The molecule has 0 saturated carbocycles. The fourth-order valence-electron chi connectivity index (χ4n) is 3.19. The first-order valence-electron chi connectivity index (χ1n) is 10.1. The second-order valence-corrected chi connectivity index (χ2v) is 7.90. The molecular weight excluding hydrogens is 416 g/mol. The molecule has 0 fully saturated rings. The van der Waals surface area contributed by atoms with Gasteiger partial charge in [0.05, 0.1) is 36.6 Å². The van der Waals surface area contributed by atoms with Gasteiger partial charge < -0.3 is 19.5 Å². The molecule has 0 spiro atoms. The summed E-state index contributed by atoms with van der Waals surface area (Å²) >= 11 is 1.41. The summed E-state index contributed by atoms with van der Waals surface area (Å²) in [4.78, 5) is 30.2. The van der Waals surface area contributed by atoms with Crippen LogP contribution in [0.15, 0.2) is 42.5 Å². The molecule has 7 nitrogen and oxygen atoms in total. The summed E-state index contributed by atoms with van der Waals surface area (Å²) in [6.45, 7) is 5.71. The van der Waals surface area contributed by atoms with Gasteiger partial charge in [-0.25, -0.2) is 4.98 Å². The van der Waals surface area contributed by atoms with Crippen molar-refractivity contribution in [2.45, 2.75) is 26.8 Å². The number of anilines is 1. The van der Waals surface area contributed by atoms with Crippen molar-refractivity contribution < 1.29 is 23.8 Å². The number of aryl methyl sites for hydroxylation is 1. The molecule has 1 atom stereocenters. The molecule has 3 aromatic rings. The van der Waals surface area contributed by atoms with Crippen molar-refractivity contribution in [3.8, 4) is 5.75 Å². The lowest BCUT2D eigenvalue weighted by molar-refractivity contribution is -0.162. The van der Waals surface area contributed by atoms with Crippen LogP contribution in [-0.2, 0) is 19.1 Å². The van der Waals surface area contributed by atoms with Gasteiger partial charge >= 0.3 is 11.9 Å². The standard InChI is InChI=1S/C23H26N2O5S/c1-5-29-21(26)19(22(27)30-6-2)20(15-9-7-14(3)8-10-15)25-23-24-17-12-11-16(28-4)13-18(17)31-23/h7-13,19-20H,5-6H2,1-4H3,(H,24,25). The summed E-state index contributed by atoms with van der Waals surface area (Å²) in [6.07, 6.45) is 0. The van der Waals surface area contributed by atoms with Crippen molar-refractivity contribution in [3.05, 3.63) is 53.6 Å². The molecule has 1 N–H and O–H groups in total. The number of benzene rings is 2. The van der Waals surface area contributed by atoms with Crippen molar-refractivity contribution in [3.63, 3.8) is 0 Å². The van der Waals surface area contributed by atoms with Crippen LogP contribution in [0.5, 0.6) is 5.75 Å². The van der Waals surface area contributed by atoms with Crippen LogP contribution in [0.3, 0.4) is 0 Å². The number of ether oxygens (including phenoxy) is 3. The van der Waals surface area contributed by atoms with E-state index in [-0.39, 0.29) is 13.2 Å². The number of hydrogen-bond acceptors (Lipinski definition) is 8. The first-order chi connectivity index (χ1) is 15.0. The van der Waals surface area contributed by atoms with E-state index in [1.54, 1.807) is 21.0 Å². The number of rotatable bonds is 9. The van der Waals surface area contributed by atoms with E-state index >= 15 is 0 Å². The quantitative estimate of drug-likeness (QED) is 0.385. The molecule has 0 aliphatic heterocycles. The molecule has 1 unspecified atom stereocenters. The summed E-state index contributed by atoms with van der Waals surface area (Å²) < 4.78 is 16.6. The van der Waals surface area contributed by atoms with E-state index < -0.39 is 23.9 Å². The predicted molar refractivity (Wildman–Crippen MR) is 120 cm³/mol. The predicted octanol–water partition coefficient (Wildman–Crippen LogP) is 4.51. The van der Waals surface area contributed by atoms with Crippen LogP contribution >= 0.6 is 11.3 Å². The Morgan fingerprint density at radius 1 is 1.03 bits per heavy atom. The minimum atomic E-state index is -1.18. The molecule has 0 aliphatic carbocycles. The Hall–Kier alpha value is -3.13. The van der Waals surface area contributed by atoms with Crippen LogP contribution in [0.2, 0.25) is 0 Å². The Morgan fingerprint density at radius 2 is 1.68 bits per heavy atom. The number of hydrogen-bond donors (Lipinski definition) is 1. The average Bonchev–Trinajstić information content (AvgIpc) is 3.15. The van der Waals surface area contributed by atoms with E-state index in [1.807, 2.05) is 49.4 Å². The highest BCUT2D eigenvalue weighted by Gasteiger charge is 2.39. The molecule has 1 heterocycles. The third kappa shape index (κ3) is 5.32. The number of nitrogens with zero attached hydrogens (tertiary/aromatic N) is 1.